The lowest BCUT2D eigenvalue weighted by Gasteiger charge is -2.40. The van der Waals surface area contributed by atoms with Crippen LogP contribution in [0.5, 0.6) is 0 Å². The lowest BCUT2D eigenvalue weighted by molar-refractivity contribution is 0.0874. The molecule has 2 aliphatic rings. The third kappa shape index (κ3) is 3.45. The van der Waals surface area contributed by atoms with E-state index in [9.17, 15) is 0 Å². The molecule has 6 heteroatoms. The van der Waals surface area contributed by atoms with Crippen molar-refractivity contribution in [3.63, 3.8) is 0 Å². The van der Waals surface area contributed by atoms with Gasteiger partial charge in [-0.05, 0) is 58.7 Å². The molecular formula is C20H31N5O. The van der Waals surface area contributed by atoms with Crippen molar-refractivity contribution >= 4 is 0 Å². The van der Waals surface area contributed by atoms with Crippen molar-refractivity contribution in [3.05, 3.63) is 35.2 Å². The molecule has 0 bridgehead atoms. The number of hydrogen-bond donors (Lipinski definition) is 0. The number of aromatic nitrogens is 3. The van der Waals surface area contributed by atoms with Gasteiger partial charge in [-0.3, -0.25) is 4.90 Å². The van der Waals surface area contributed by atoms with Crippen molar-refractivity contribution in [1.82, 2.24) is 24.5 Å². The van der Waals surface area contributed by atoms with Gasteiger partial charge in [0.15, 0.2) is 0 Å². The van der Waals surface area contributed by atoms with Crippen molar-refractivity contribution in [2.75, 3.05) is 27.2 Å². The minimum Gasteiger partial charge on any atom is -0.361 e. The van der Waals surface area contributed by atoms with Gasteiger partial charge in [0, 0.05) is 38.3 Å². The Morgan fingerprint density at radius 2 is 2.08 bits per heavy atom. The van der Waals surface area contributed by atoms with Crippen molar-refractivity contribution in [2.24, 2.45) is 13.0 Å². The van der Waals surface area contributed by atoms with Gasteiger partial charge < -0.3 is 14.0 Å². The Balaban J connectivity index is 1.46. The van der Waals surface area contributed by atoms with E-state index in [-0.39, 0.29) is 0 Å². The molecule has 0 spiro atoms. The zero-order valence-corrected chi connectivity index (χ0v) is 16.3. The second-order valence-corrected chi connectivity index (χ2v) is 8.19. The topological polar surface area (TPSA) is 50.3 Å². The van der Waals surface area contributed by atoms with E-state index in [4.69, 9.17) is 4.52 Å². The first-order valence-electron chi connectivity index (χ1n) is 9.94. The first kappa shape index (κ1) is 17.7. The van der Waals surface area contributed by atoms with Gasteiger partial charge in [0.2, 0.25) is 0 Å². The highest BCUT2D eigenvalue weighted by Gasteiger charge is 2.33. The Labute approximate surface area is 156 Å². The Bertz CT molecular complexity index is 736. The van der Waals surface area contributed by atoms with E-state index in [1.54, 1.807) is 0 Å². The molecule has 3 heterocycles. The van der Waals surface area contributed by atoms with E-state index in [0.717, 1.165) is 43.9 Å². The molecule has 0 radical (unpaired) electrons. The molecule has 0 saturated carbocycles. The Morgan fingerprint density at radius 3 is 2.88 bits per heavy atom. The van der Waals surface area contributed by atoms with Crippen LogP contribution in [0, 0.1) is 5.92 Å². The Hall–Kier alpha value is -1.66. The highest BCUT2D eigenvalue weighted by molar-refractivity contribution is 5.25. The van der Waals surface area contributed by atoms with E-state index in [0.29, 0.717) is 12.0 Å². The maximum atomic E-state index is 5.59. The summed E-state index contributed by atoms with van der Waals surface area (Å²) in [6.07, 6.45) is 11.2. The van der Waals surface area contributed by atoms with Crippen molar-refractivity contribution in [3.8, 4) is 0 Å². The van der Waals surface area contributed by atoms with Crippen molar-refractivity contribution in [2.45, 2.75) is 51.1 Å². The van der Waals surface area contributed by atoms with Crippen LogP contribution in [0.15, 0.2) is 17.0 Å². The quantitative estimate of drug-likeness (QED) is 0.824. The molecule has 0 N–H and O–H groups in total. The highest BCUT2D eigenvalue weighted by Crippen LogP contribution is 2.35. The SMILES string of the molecule is CN(Cc1noc2c1CCCC2)C[C@@H]1CCCN(C)[C@H]1c1cncn1C. The Morgan fingerprint density at radius 1 is 1.23 bits per heavy atom. The molecule has 2 aromatic heterocycles. The highest BCUT2D eigenvalue weighted by atomic mass is 16.5. The van der Waals surface area contributed by atoms with Crippen LogP contribution < -0.4 is 0 Å². The lowest BCUT2D eigenvalue weighted by atomic mass is 9.87. The van der Waals surface area contributed by atoms with Crippen LogP contribution in [0.25, 0.3) is 0 Å². The molecule has 6 nitrogen and oxygen atoms in total. The fourth-order valence-corrected chi connectivity index (χ4v) is 4.86. The Kier molecular flexibility index (Phi) is 5.14. The van der Waals surface area contributed by atoms with Crippen LogP contribution >= 0.6 is 0 Å². The van der Waals surface area contributed by atoms with Crippen LogP contribution in [0.1, 0.15) is 54.4 Å². The number of likely N-dealkylation sites (tertiary alicyclic amines) is 1. The molecule has 0 unspecified atom stereocenters. The van der Waals surface area contributed by atoms with E-state index in [1.807, 2.05) is 12.5 Å². The summed E-state index contributed by atoms with van der Waals surface area (Å²) in [6, 6.07) is 0.435. The third-order valence-electron chi connectivity index (χ3n) is 6.16. The number of imidazole rings is 1. The molecule has 1 fully saturated rings. The van der Waals surface area contributed by atoms with Crippen molar-refractivity contribution < 1.29 is 4.52 Å². The predicted molar refractivity (Wildman–Crippen MR) is 101 cm³/mol. The predicted octanol–water partition coefficient (Wildman–Crippen LogP) is 2.80. The normalized spacial score (nSPS) is 24.2. The molecule has 26 heavy (non-hydrogen) atoms. The minimum atomic E-state index is 0.435. The van der Waals surface area contributed by atoms with E-state index in [1.165, 1.54) is 36.9 Å². The summed E-state index contributed by atoms with van der Waals surface area (Å²) in [5, 5.41) is 4.39. The summed E-state index contributed by atoms with van der Waals surface area (Å²) in [7, 11) is 6.57. The van der Waals surface area contributed by atoms with Crippen LogP contribution in [-0.2, 0) is 26.4 Å². The number of fused-ring (bicyclic) bond motifs is 1. The largest absolute Gasteiger partial charge is 0.361 e. The first-order valence-corrected chi connectivity index (χ1v) is 9.94. The van der Waals surface area contributed by atoms with Gasteiger partial charge in [-0.1, -0.05) is 5.16 Å². The maximum absolute atomic E-state index is 5.59. The van der Waals surface area contributed by atoms with Gasteiger partial charge in [-0.15, -0.1) is 0 Å². The monoisotopic (exact) mass is 357 g/mol. The van der Waals surface area contributed by atoms with Gasteiger partial charge in [0.05, 0.1) is 18.1 Å². The zero-order valence-electron chi connectivity index (χ0n) is 16.3. The summed E-state index contributed by atoms with van der Waals surface area (Å²) < 4.78 is 7.77. The van der Waals surface area contributed by atoms with Crippen molar-refractivity contribution in [1.29, 1.82) is 0 Å². The second-order valence-electron chi connectivity index (χ2n) is 8.19. The van der Waals surface area contributed by atoms with E-state index >= 15 is 0 Å². The molecule has 4 rings (SSSR count). The lowest BCUT2D eigenvalue weighted by Crippen LogP contribution is -2.41. The summed E-state index contributed by atoms with van der Waals surface area (Å²) in [5.41, 5.74) is 3.86. The van der Waals surface area contributed by atoms with Gasteiger partial charge in [0.25, 0.3) is 0 Å². The molecule has 142 valence electrons. The molecule has 2 aromatic rings. The average Bonchev–Trinajstić information content (AvgIpc) is 3.22. The summed E-state index contributed by atoms with van der Waals surface area (Å²) >= 11 is 0. The minimum absolute atomic E-state index is 0.435. The number of piperidine rings is 1. The number of aryl methyl sites for hydroxylation is 2. The molecular weight excluding hydrogens is 326 g/mol. The van der Waals surface area contributed by atoms with Crippen LogP contribution in [-0.4, -0.2) is 51.7 Å². The fraction of sp³-hybridized carbons (Fsp3) is 0.700. The van der Waals surface area contributed by atoms with E-state index in [2.05, 4.69) is 45.7 Å². The third-order valence-corrected chi connectivity index (χ3v) is 6.16. The smallest absolute Gasteiger partial charge is 0.140 e. The second kappa shape index (κ2) is 7.53. The number of hydrogen-bond acceptors (Lipinski definition) is 5. The van der Waals surface area contributed by atoms with Gasteiger partial charge >= 0.3 is 0 Å². The fourth-order valence-electron chi connectivity index (χ4n) is 4.86. The van der Waals surface area contributed by atoms with Gasteiger partial charge in [-0.25, -0.2) is 4.98 Å². The summed E-state index contributed by atoms with van der Waals surface area (Å²) in [4.78, 5) is 9.28. The summed E-state index contributed by atoms with van der Waals surface area (Å²) in [6.45, 7) is 3.12. The van der Waals surface area contributed by atoms with Crippen LogP contribution in [0.3, 0.4) is 0 Å². The first-order chi connectivity index (χ1) is 12.6. The van der Waals surface area contributed by atoms with E-state index < -0.39 is 0 Å². The number of nitrogens with zero attached hydrogens (tertiary/aromatic N) is 5. The summed E-state index contributed by atoms with van der Waals surface area (Å²) in [5.74, 6) is 1.74. The van der Waals surface area contributed by atoms with Gasteiger partial charge in [-0.2, -0.15) is 0 Å². The molecule has 1 saturated heterocycles. The molecule has 1 aliphatic heterocycles. The average molecular weight is 358 g/mol. The molecule has 2 atom stereocenters. The zero-order chi connectivity index (χ0) is 18.1. The number of rotatable bonds is 5. The maximum Gasteiger partial charge on any atom is 0.140 e. The molecule has 1 aliphatic carbocycles. The molecule has 0 amide bonds. The standard InChI is InChI=1S/C20H31N5O/c1-23(13-17-16-8-4-5-9-19(16)26-22-17)12-15-7-6-10-24(2)20(15)18-11-21-14-25(18)3/h11,14-15,20H,4-10,12-13H2,1-3H3/t15-,20+/m0/s1. The van der Waals surface area contributed by atoms with Crippen LogP contribution in [0.2, 0.25) is 0 Å². The molecule has 0 aromatic carbocycles. The van der Waals surface area contributed by atoms with Gasteiger partial charge in [0.1, 0.15) is 11.5 Å². The van der Waals surface area contributed by atoms with Crippen LogP contribution in [0.4, 0.5) is 0 Å².